The zero-order valence-corrected chi connectivity index (χ0v) is 13.0. The minimum Gasteiger partial charge on any atom is -0.467 e. The molecule has 0 aromatic carbocycles. The van der Waals surface area contributed by atoms with Gasteiger partial charge in [-0.15, -0.1) is 0 Å². The molecule has 0 unspecified atom stereocenters. The third-order valence-electron chi connectivity index (χ3n) is 3.61. The van der Waals surface area contributed by atoms with E-state index in [4.69, 9.17) is 4.42 Å². The molecule has 0 bridgehead atoms. The number of hydrogen-bond donors (Lipinski definition) is 1. The molecule has 0 spiro atoms. The highest BCUT2D eigenvalue weighted by Gasteiger charge is 2.14. The van der Waals surface area contributed by atoms with Crippen molar-refractivity contribution in [2.75, 3.05) is 0 Å². The van der Waals surface area contributed by atoms with E-state index in [0.717, 1.165) is 29.9 Å². The lowest BCUT2D eigenvalue weighted by atomic mass is 10.1. The highest BCUT2D eigenvalue weighted by atomic mass is 16.3. The lowest BCUT2D eigenvalue weighted by Crippen LogP contribution is -2.25. The van der Waals surface area contributed by atoms with Gasteiger partial charge in [0.15, 0.2) is 0 Å². The van der Waals surface area contributed by atoms with Crippen LogP contribution in [0, 0.1) is 0 Å². The molecule has 23 heavy (non-hydrogen) atoms. The van der Waals surface area contributed by atoms with Gasteiger partial charge in [-0.3, -0.25) is 9.78 Å². The quantitative estimate of drug-likeness (QED) is 0.758. The van der Waals surface area contributed by atoms with E-state index in [1.807, 2.05) is 41.1 Å². The van der Waals surface area contributed by atoms with Crippen molar-refractivity contribution >= 4 is 5.91 Å². The van der Waals surface area contributed by atoms with Crippen molar-refractivity contribution in [1.82, 2.24) is 14.9 Å². The van der Waals surface area contributed by atoms with Crippen LogP contribution >= 0.6 is 0 Å². The molecule has 0 fully saturated rings. The fourth-order valence-electron chi connectivity index (χ4n) is 2.50. The first-order valence-electron chi connectivity index (χ1n) is 7.69. The number of aryl methyl sites for hydroxylation is 1. The fraction of sp³-hybridized carbons (Fsp3) is 0.222. The number of pyridine rings is 1. The van der Waals surface area contributed by atoms with E-state index in [9.17, 15) is 4.79 Å². The molecule has 3 aromatic rings. The first kappa shape index (κ1) is 15.1. The second-order valence-corrected chi connectivity index (χ2v) is 5.31. The molecule has 0 saturated carbocycles. The Balaban J connectivity index is 1.82. The zero-order chi connectivity index (χ0) is 16.1. The Morgan fingerprint density at radius 2 is 2.09 bits per heavy atom. The number of rotatable bonds is 6. The van der Waals surface area contributed by atoms with Crippen LogP contribution in [-0.4, -0.2) is 15.5 Å². The lowest BCUT2D eigenvalue weighted by molar-refractivity contribution is 0.0938. The molecule has 0 radical (unpaired) electrons. The largest absolute Gasteiger partial charge is 0.467 e. The number of aromatic nitrogens is 2. The minimum atomic E-state index is -0.102. The standard InChI is InChI=1S/C18H19N3O2/c1-2-9-21-13-15(14-5-7-19-8-6-14)11-17(21)18(22)20-12-16-4-3-10-23-16/h3-8,10-11,13H,2,9,12H2,1H3,(H,20,22). The SMILES string of the molecule is CCCn1cc(-c2ccncc2)cc1C(=O)NCc1ccco1. The number of nitrogens with zero attached hydrogens (tertiary/aromatic N) is 2. The second kappa shape index (κ2) is 6.96. The Morgan fingerprint density at radius 1 is 1.26 bits per heavy atom. The van der Waals surface area contributed by atoms with Gasteiger partial charge in [0.1, 0.15) is 11.5 Å². The van der Waals surface area contributed by atoms with Crippen molar-refractivity contribution in [2.45, 2.75) is 26.4 Å². The fourth-order valence-corrected chi connectivity index (χ4v) is 2.50. The van der Waals surface area contributed by atoms with Gasteiger partial charge in [0.05, 0.1) is 12.8 Å². The van der Waals surface area contributed by atoms with E-state index in [2.05, 4.69) is 17.2 Å². The van der Waals surface area contributed by atoms with Gasteiger partial charge in [-0.25, -0.2) is 0 Å². The molecule has 1 amide bonds. The van der Waals surface area contributed by atoms with Gasteiger partial charge in [-0.1, -0.05) is 6.92 Å². The van der Waals surface area contributed by atoms with Crippen LogP contribution in [0.3, 0.4) is 0 Å². The van der Waals surface area contributed by atoms with Gasteiger partial charge in [0, 0.05) is 30.7 Å². The summed E-state index contributed by atoms with van der Waals surface area (Å²) in [6.07, 6.45) is 8.08. The van der Waals surface area contributed by atoms with Crippen molar-refractivity contribution in [1.29, 1.82) is 0 Å². The van der Waals surface area contributed by atoms with Crippen LogP contribution in [-0.2, 0) is 13.1 Å². The van der Waals surface area contributed by atoms with Crippen molar-refractivity contribution in [3.63, 3.8) is 0 Å². The monoisotopic (exact) mass is 309 g/mol. The van der Waals surface area contributed by atoms with Crippen LogP contribution in [0.2, 0.25) is 0 Å². The minimum absolute atomic E-state index is 0.102. The Labute approximate surface area is 135 Å². The molecule has 0 saturated heterocycles. The van der Waals surface area contributed by atoms with Gasteiger partial charge in [-0.2, -0.15) is 0 Å². The number of carbonyl (C=O) groups excluding carboxylic acids is 1. The molecule has 3 aromatic heterocycles. The molecule has 1 N–H and O–H groups in total. The second-order valence-electron chi connectivity index (χ2n) is 5.31. The number of amides is 1. The predicted octanol–water partition coefficient (Wildman–Crippen LogP) is 3.48. The lowest BCUT2D eigenvalue weighted by Gasteiger charge is -2.07. The third-order valence-corrected chi connectivity index (χ3v) is 3.61. The van der Waals surface area contributed by atoms with Crippen molar-refractivity contribution < 1.29 is 9.21 Å². The van der Waals surface area contributed by atoms with Gasteiger partial charge in [0.2, 0.25) is 0 Å². The molecule has 5 heteroatoms. The zero-order valence-electron chi connectivity index (χ0n) is 13.0. The van der Waals surface area contributed by atoms with Gasteiger partial charge >= 0.3 is 0 Å². The van der Waals surface area contributed by atoms with Crippen LogP contribution in [0.25, 0.3) is 11.1 Å². The molecule has 5 nitrogen and oxygen atoms in total. The van der Waals surface area contributed by atoms with Crippen molar-refractivity contribution in [3.8, 4) is 11.1 Å². The first-order chi connectivity index (χ1) is 11.3. The van der Waals surface area contributed by atoms with Gasteiger partial charge in [0.25, 0.3) is 5.91 Å². The third kappa shape index (κ3) is 3.51. The Bertz CT molecular complexity index is 761. The number of nitrogens with one attached hydrogen (secondary N) is 1. The summed E-state index contributed by atoms with van der Waals surface area (Å²) in [4.78, 5) is 16.5. The summed E-state index contributed by atoms with van der Waals surface area (Å²) in [7, 11) is 0. The number of hydrogen-bond acceptors (Lipinski definition) is 3. The Kier molecular flexibility index (Phi) is 4.57. The first-order valence-corrected chi connectivity index (χ1v) is 7.69. The smallest absolute Gasteiger partial charge is 0.268 e. The molecular weight excluding hydrogens is 290 g/mol. The number of furan rings is 1. The molecule has 0 aliphatic rings. The van der Waals surface area contributed by atoms with E-state index < -0.39 is 0 Å². The summed E-state index contributed by atoms with van der Waals surface area (Å²) >= 11 is 0. The molecule has 3 rings (SSSR count). The van der Waals surface area contributed by atoms with E-state index in [1.165, 1.54) is 0 Å². The molecule has 3 heterocycles. The molecule has 118 valence electrons. The highest BCUT2D eigenvalue weighted by molar-refractivity contribution is 5.94. The normalized spacial score (nSPS) is 10.7. The van der Waals surface area contributed by atoms with Crippen LogP contribution in [0.5, 0.6) is 0 Å². The number of carbonyl (C=O) groups is 1. The molecule has 0 atom stereocenters. The van der Waals surface area contributed by atoms with E-state index in [0.29, 0.717) is 12.2 Å². The Hall–Kier alpha value is -2.82. The molecule has 0 aliphatic heterocycles. The molecular formula is C18H19N3O2. The summed E-state index contributed by atoms with van der Waals surface area (Å²) in [5.41, 5.74) is 2.73. The molecule has 0 aliphatic carbocycles. The van der Waals surface area contributed by atoms with Crippen LogP contribution in [0.15, 0.2) is 59.6 Å². The average molecular weight is 309 g/mol. The summed E-state index contributed by atoms with van der Waals surface area (Å²) in [6.45, 7) is 3.28. The van der Waals surface area contributed by atoms with Gasteiger partial charge < -0.3 is 14.3 Å². The topological polar surface area (TPSA) is 60.1 Å². The summed E-state index contributed by atoms with van der Waals surface area (Å²) in [5.74, 6) is 0.636. The van der Waals surface area contributed by atoms with Crippen molar-refractivity contribution in [3.05, 3.63) is 66.6 Å². The van der Waals surface area contributed by atoms with Crippen molar-refractivity contribution in [2.24, 2.45) is 0 Å². The maximum Gasteiger partial charge on any atom is 0.268 e. The predicted molar refractivity (Wildman–Crippen MR) is 87.8 cm³/mol. The van der Waals surface area contributed by atoms with Gasteiger partial charge in [-0.05, 0) is 42.3 Å². The summed E-state index contributed by atoms with van der Waals surface area (Å²) < 4.78 is 7.24. The maximum atomic E-state index is 12.5. The van der Waals surface area contributed by atoms with E-state index in [-0.39, 0.29) is 5.91 Å². The van der Waals surface area contributed by atoms with E-state index in [1.54, 1.807) is 18.7 Å². The maximum absolute atomic E-state index is 12.5. The summed E-state index contributed by atoms with van der Waals surface area (Å²) in [5, 5.41) is 2.90. The highest BCUT2D eigenvalue weighted by Crippen LogP contribution is 2.22. The van der Waals surface area contributed by atoms with Crippen LogP contribution in [0.1, 0.15) is 29.6 Å². The van der Waals surface area contributed by atoms with E-state index >= 15 is 0 Å². The van der Waals surface area contributed by atoms with Crippen LogP contribution in [0.4, 0.5) is 0 Å². The Morgan fingerprint density at radius 3 is 2.78 bits per heavy atom. The average Bonchev–Trinajstić information content (AvgIpc) is 3.23. The summed E-state index contributed by atoms with van der Waals surface area (Å²) in [6, 6.07) is 9.45. The van der Waals surface area contributed by atoms with Crippen LogP contribution < -0.4 is 5.32 Å².